The Bertz CT molecular complexity index is 1280. The van der Waals surface area contributed by atoms with Gasteiger partial charge >= 0.3 is 0 Å². The lowest BCUT2D eigenvalue weighted by Crippen LogP contribution is -2.36. The fraction of sp³-hybridized carbons (Fsp3) is 0.304. The molecule has 1 aliphatic heterocycles. The maximum Gasteiger partial charge on any atom is 0.271 e. The van der Waals surface area contributed by atoms with Crippen LogP contribution >= 0.6 is 0 Å². The molecule has 2 aromatic carbocycles. The van der Waals surface area contributed by atoms with Gasteiger partial charge in [-0.1, -0.05) is 18.2 Å². The summed E-state index contributed by atoms with van der Waals surface area (Å²) in [4.78, 5) is 14.5. The van der Waals surface area contributed by atoms with Crippen LogP contribution in [-0.4, -0.2) is 62.9 Å². The van der Waals surface area contributed by atoms with Gasteiger partial charge in [0.15, 0.2) is 11.5 Å². The van der Waals surface area contributed by atoms with E-state index in [1.807, 2.05) is 35.2 Å². The second kappa shape index (κ2) is 9.63. The van der Waals surface area contributed by atoms with Crippen molar-refractivity contribution in [1.82, 2.24) is 14.1 Å². The van der Waals surface area contributed by atoms with Gasteiger partial charge in [-0.05, 0) is 36.8 Å². The van der Waals surface area contributed by atoms with Crippen LogP contribution in [-0.2, 0) is 10.0 Å². The number of benzene rings is 2. The van der Waals surface area contributed by atoms with Crippen LogP contribution in [0.5, 0.6) is 11.5 Å². The van der Waals surface area contributed by atoms with Crippen molar-refractivity contribution in [2.75, 3.05) is 45.3 Å². The highest BCUT2D eigenvalue weighted by Crippen LogP contribution is 2.31. The molecule has 1 aromatic heterocycles. The SMILES string of the molecule is COc1ccc(S(=O)(=O)N2CCCN(c3ccc(=O)n(-c4ccccc4)n3)CC2)cc1OC. The molecular weight excluding hydrogens is 444 g/mol. The number of methoxy groups -OCH3 is 2. The Kier molecular flexibility index (Phi) is 6.66. The third kappa shape index (κ3) is 4.71. The second-order valence-electron chi connectivity index (χ2n) is 7.54. The summed E-state index contributed by atoms with van der Waals surface area (Å²) in [5, 5.41) is 4.53. The minimum Gasteiger partial charge on any atom is -0.493 e. The first kappa shape index (κ1) is 22.8. The summed E-state index contributed by atoms with van der Waals surface area (Å²) in [6, 6.07) is 17.0. The monoisotopic (exact) mass is 470 g/mol. The average molecular weight is 471 g/mol. The van der Waals surface area contributed by atoms with E-state index in [0.29, 0.717) is 55.6 Å². The van der Waals surface area contributed by atoms with Gasteiger partial charge in [-0.3, -0.25) is 4.79 Å². The molecule has 0 aliphatic carbocycles. The molecule has 0 spiro atoms. The Balaban J connectivity index is 1.55. The summed E-state index contributed by atoms with van der Waals surface area (Å²) in [7, 11) is -0.734. The topological polar surface area (TPSA) is 94.0 Å². The van der Waals surface area contributed by atoms with Gasteiger partial charge in [0.2, 0.25) is 10.0 Å². The smallest absolute Gasteiger partial charge is 0.271 e. The lowest BCUT2D eigenvalue weighted by atomic mass is 10.3. The molecule has 0 bridgehead atoms. The third-order valence-corrected chi connectivity index (χ3v) is 7.45. The molecule has 0 unspecified atom stereocenters. The van der Waals surface area contributed by atoms with Crippen molar-refractivity contribution in [1.29, 1.82) is 0 Å². The average Bonchev–Trinajstić information content (AvgIpc) is 3.11. The van der Waals surface area contributed by atoms with Crippen LogP contribution in [0.4, 0.5) is 5.82 Å². The largest absolute Gasteiger partial charge is 0.493 e. The first-order valence-electron chi connectivity index (χ1n) is 10.6. The van der Waals surface area contributed by atoms with Gasteiger partial charge in [0, 0.05) is 38.3 Å². The minimum absolute atomic E-state index is 0.157. The van der Waals surface area contributed by atoms with E-state index in [-0.39, 0.29) is 10.5 Å². The number of para-hydroxylation sites is 1. The lowest BCUT2D eigenvalue weighted by molar-refractivity contribution is 0.353. The number of hydrogen-bond acceptors (Lipinski definition) is 7. The first-order valence-corrected chi connectivity index (χ1v) is 12.0. The van der Waals surface area contributed by atoms with E-state index in [1.54, 1.807) is 12.1 Å². The Hall–Kier alpha value is -3.37. The minimum atomic E-state index is -3.71. The number of sulfonamides is 1. The van der Waals surface area contributed by atoms with Gasteiger partial charge in [0.05, 0.1) is 24.8 Å². The van der Waals surface area contributed by atoms with Crippen LogP contribution in [0.25, 0.3) is 5.69 Å². The van der Waals surface area contributed by atoms with Gasteiger partial charge < -0.3 is 14.4 Å². The summed E-state index contributed by atoms with van der Waals surface area (Å²) >= 11 is 0. The molecule has 4 rings (SSSR count). The van der Waals surface area contributed by atoms with E-state index in [9.17, 15) is 13.2 Å². The summed E-state index contributed by atoms with van der Waals surface area (Å²) in [6.07, 6.45) is 0.624. The van der Waals surface area contributed by atoms with Crippen LogP contribution in [0.1, 0.15) is 6.42 Å². The van der Waals surface area contributed by atoms with Gasteiger partial charge in [-0.2, -0.15) is 8.99 Å². The summed E-state index contributed by atoms with van der Waals surface area (Å²) in [5.41, 5.74) is 0.453. The molecule has 0 radical (unpaired) electrons. The highest BCUT2D eigenvalue weighted by Gasteiger charge is 2.28. The molecule has 0 amide bonds. The summed E-state index contributed by atoms with van der Waals surface area (Å²) in [6.45, 7) is 1.75. The van der Waals surface area contributed by atoms with Crippen molar-refractivity contribution in [3.63, 3.8) is 0 Å². The maximum absolute atomic E-state index is 13.3. The molecule has 0 saturated carbocycles. The van der Waals surface area contributed by atoms with Gasteiger partial charge in [0.25, 0.3) is 5.56 Å². The van der Waals surface area contributed by atoms with Crippen LogP contribution in [0, 0.1) is 0 Å². The van der Waals surface area contributed by atoms with Gasteiger partial charge in [0.1, 0.15) is 5.82 Å². The molecule has 33 heavy (non-hydrogen) atoms. The Morgan fingerprint density at radius 1 is 0.848 bits per heavy atom. The highest BCUT2D eigenvalue weighted by molar-refractivity contribution is 7.89. The molecule has 1 aliphatic rings. The predicted octanol–water partition coefficient (Wildman–Crippen LogP) is 2.15. The van der Waals surface area contributed by atoms with Crippen LogP contribution in [0.3, 0.4) is 0 Å². The van der Waals surface area contributed by atoms with Gasteiger partial charge in [-0.25, -0.2) is 8.42 Å². The van der Waals surface area contributed by atoms with Crippen molar-refractivity contribution >= 4 is 15.8 Å². The Morgan fingerprint density at radius 2 is 1.61 bits per heavy atom. The van der Waals surface area contributed by atoms with Crippen molar-refractivity contribution in [2.24, 2.45) is 0 Å². The van der Waals surface area contributed by atoms with Crippen molar-refractivity contribution in [3.8, 4) is 17.2 Å². The first-order chi connectivity index (χ1) is 15.9. The molecule has 1 saturated heterocycles. The summed E-state index contributed by atoms with van der Waals surface area (Å²) < 4.78 is 39.9. The molecule has 9 nitrogen and oxygen atoms in total. The number of nitrogens with zero attached hydrogens (tertiary/aromatic N) is 4. The fourth-order valence-electron chi connectivity index (χ4n) is 3.81. The number of aromatic nitrogens is 2. The van der Waals surface area contributed by atoms with Crippen molar-refractivity contribution in [2.45, 2.75) is 11.3 Å². The molecule has 0 atom stereocenters. The second-order valence-corrected chi connectivity index (χ2v) is 9.48. The van der Waals surface area contributed by atoms with E-state index in [2.05, 4.69) is 5.10 Å². The highest BCUT2D eigenvalue weighted by atomic mass is 32.2. The lowest BCUT2D eigenvalue weighted by Gasteiger charge is -2.23. The molecule has 174 valence electrons. The van der Waals surface area contributed by atoms with Crippen LogP contribution < -0.4 is 19.9 Å². The number of anilines is 1. The normalized spacial score (nSPS) is 15.2. The van der Waals surface area contributed by atoms with Gasteiger partial charge in [-0.15, -0.1) is 5.10 Å². The maximum atomic E-state index is 13.3. The fourth-order valence-corrected chi connectivity index (χ4v) is 5.30. The quantitative estimate of drug-likeness (QED) is 0.545. The molecular formula is C23H26N4O5S. The zero-order chi connectivity index (χ0) is 23.4. The standard InChI is InChI=1S/C23H26N4O5S/c1-31-20-10-9-19(17-21(20)32-2)33(29,30)26-14-6-13-25(15-16-26)22-11-12-23(28)27(24-22)18-7-4-3-5-8-18/h3-5,7-12,17H,6,13-16H2,1-2H3. The van der Waals surface area contributed by atoms with Crippen LogP contribution in [0.15, 0.2) is 70.4 Å². The number of hydrogen-bond donors (Lipinski definition) is 0. The number of rotatable bonds is 6. The van der Waals surface area contributed by atoms with E-state index in [4.69, 9.17) is 9.47 Å². The molecule has 0 N–H and O–H groups in total. The molecule has 10 heteroatoms. The van der Waals surface area contributed by atoms with Crippen molar-refractivity contribution in [3.05, 3.63) is 71.0 Å². The third-order valence-electron chi connectivity index (χ3n) is 5.56. The Labute approximate surface area is 192 Å². The molecule has 2 heterocycles. The van der Waals surface area contributed by atoms with Crippen LogP contribution in [0.2, 0.25) is 0 Å². The molecule has 1 fully saturated rings. The van der Waals surface area contributed by atoms with E-state index >= 15 is 0 Å². The zero-order valence-electron chi connectivity index (χ0n) is 18.5. The Morgan fingerprint density at radius 3 is 2.33 bits per heavy atom. The zero-order valence-corrected chi connectivity index (χ0v) is 19.4. The predicted molar refractivity (Wildman–Crippen MR) is 125 cm³/mol. The van der Waals surface area contributed by atoms with Crippen molar-refractivity contribution < 1.29 is 17.9 Å². The number of ether oxygens (including phenoxy) is 2. The van der Waals surface area contributed by atoms with E-state index in [1.165, 1.54) is 41.4 Å². The molecule has 3 aromatic rings. The van der Waals surface area contributed by atoms with E-state index < -0.39 is 10.0 Å². The van der Waals surface area contributed by atoms with E-state index in [0.717, 1.165) is 0 Å². The summed E-state index contributed by atoms with van der Waals surface area (Å²) in [5.74, 6) is 1.46.